The fraction of sp³-hybridized carbons (Fsp3) is 0.750. The number of likely N-dealkylation sites (tertiary alicyclic amines) is 1. The van der Waals surface area contributed by atoms with Gasteiger partial charge in [0.15, 0.2) is 5.82 Å². The minimum absolute atomic E-state index is 0.241. The Kier molecular flexibility index (Phi) is 3.38. The second-order valence-corrected chi connectivity index (χ2v) is 5.53. The van der Waals surface area contributed by atoms with E-state index in [2.05, 4.69) is 10.1 Å². The molecule has 0 aliphatic carbocycles. The van der Waals surface area contributed by atoms with Crippen molar-refractivity contribution in [2.45, 2.75) is 39.7 Å². The van der Waals surface area contributed by atoms with Gasteiger partial charge in [-0.15, -0.1) is 0 Å². The van der Waals surface area contributed by atoms with Crippen molar-refractivity contribution in [3.05, 3.63) is 11.7 Å². The van der Waals surface area contributed by atoms with Crippen molar-refractivity contribution >= 4 is 5.97 Å². The molecule has 1 aliphatic heterocycles. The number of hydrogen-bond donors (Lipinski definition) is 1. The van der Waals surface area contributed by atoms with Gasteiger partial charge in [0.1, 0.15) is 0 Å². The highest BCUT2D eigenvalue weighted by atomic mass is 16.5. The Hall–Kier alpha value is -1.43. The highest BCUT2D eigenvalue weighted by Gasteiger charge is 2.40. The van der Waals surface area contributed by atoms with E-state index >= 15 is 0 Å². The molecule has 0 saturated carbocycles. The summed E-state index contributed by atoms with van der Waals surface area (Å²) in [5.41, 5.74) is -0.652. The zero-order chi connectivity index (χ0) is 13.3. The number of aliphatic carboxylic acids is 1. The largest absolute Gasteiger partial charge is 0.481 e. The van der Waals surface area contributed by atoms with Crippen molar-refractivity contribution in [2.75, 3.05) is 13.1 Å². The molecule has 2 rings (SSSR count). The van der Waals surface area contributed by atoms with Gasteiger partial charge in [0.2, 0.25) is 5.89 Å². The maximum absolute atomic E-state index is 11.1. The molecule has 100 valence electrons. The second-order valence-electron chi connectivity index (χ2n) is 5.53. The summed E-state index contributed by atoms with van der Waals surface area (Å²) in [4.78, 5) is 17.5. The van der Waals surface area contributed by atoms with E-state index in [9.17, 15) is 4.79 Å². The number of carbonyl (C=O) groups is 1. The fourth-order valence-electron chi connectivity index (χ4n) is 2.12. The zero-order valence-electron chi connectivity index (χ0n) is 11.0. The summed E-state index contributed by atoms with van der Waals surface area (Å²) >= 11 is 0. The molecule has 1 aliphatic rings. The third-order valence-corrected chi connectivity index (χ3v) is 3.43. The van der Waals surface area contributed by atoms with Crippen LogP contribution in [-0.4, -0.2) is 39.2 Å². The van der Waals surface area contributed by atoms with Crippen LogP contribution in [0, 0.1) is 5.41 Å². The summed E-state index contributed by atoms with van der Waals surface area (Å²) in [6.07, 6.45) is 0.660. The quantitative estimate of drug-likeness (QED) is 0.875. The maximum atomic E-state index is 11.1. The van der Waals surface area contributed by atoms with Gasteiger partial charge in [0.25, 0.3) is 0 Å². The minimum atomic E-state index is -0.738. The molecule has 0 bridgehead atoms. The van der Waals surface area contributed by atoms with E-state index < -0.39 is 11.4 Å². The van der Waals surface area contributed by atoms with E-state index in [0.717, 1.165) is 6.54 Å². The summed E-state index contributed by atoms with van der Waals surface area (Å²) in [7, 11) is 0. The first-order chi connectivity index (χ1) is 8.40. The van der Waals surface area contributed by atoms with E-state index in [4.69, 9.17) is 9.63 Å². The van der Waals surface area contributed by atoms with Crippen LogP contribution in [0.1, 0.15) is 44.8 Å². The summed E-state index contributed by atoms with van der Waals surface area (Å²) < 4.78 is 5.17. The predicted molar refractivity (Wildman–Crippen MR) is 64.0 cm³/mol. The van der Waals surface area contributed by atoms with Gasteiger partial charge in [0, 0.05) is 12.5 Å². The average molecular weight is 253 g/mol. The lowest BCUT2D eigenvalue weighted by atomic mass is 9.90. The van der Waals surface area contributed by atoms with Crippen molar-refractivity contribution in [3.8, 4) is 0 Å². The topological polar surface area (TPSA) is 79.5 Å². The van der Waals surface area contributed by atoms with Crippen molar-refractivity contribution in [1.82, 2.24) is 15.0 Å². The summed E-state index contributed by atoms with van der Waals surface area (Å²) in [5.74, 6) is 0.766. The molecule has 6 nitrogen and oxygen atoms in total. The lowest BCUT2D eigenvalue weighted by Crippen LogP contribution is -2.31. The van der Waals surface area contributed by atoms with Gasteiger partial charge >= 0.3 is 5.97 Å². The van der Waals surface area contributed by atoms with Crippen molar-refractivity contribution in [1.29, 1.82) is 0 Å². The molecule has 2 heterocycles. The molecular formula is C12H19N3O3. The molecule has 0 amide bonds. The lowest BCUT2D eigenvalue weighted by Gasteiger charge is -2.18. The molecule has 6 heteroatoms. The Balaban J connectivity index is 1.97. The fourth-order valence-corrected chi connectivity index (χ4v) is 2.12. The number of rotatable bonds is 4. The molecule has 0 radical (unpaired) electrons. The minimum Gasteiger partial charge on any atom is -0.481 e. The van der Waals surface area contributed by atoms with Crippen LogP contribution < -0.4 is 0 Å². The van der Waals surface area contributed by atoms with Crippen LogP contribution in [0.5, 0.6) is 0 Å². The Morgan fingerprint density at radius 3 is 2.83 bits per heavy atom. The normalized spacial score (nSPS) is 24.9. The second kappa shape index (κ2) is 4.68. The van der Waals surface area contributed by atoms with Crippen molar-refractivity contribution in [3.63, 3.8) is 0 Å². The molecule has 1 aromatic heterocycles. The van der Waals surface area contributed by atoms with Gasteiger partial charge in [-0.2, -0.15) is 4.98 Å². The lowest BCUT2D eigenvalue weighted by molar-refractivity contribution is -0.147. The van der Waals surface area contributed by atoms with Crippen LogP contribution in [-0.2, 0) is 11.3 Å². The molecule has 0 spiro atoms. The number of hydrogen-bond acceptors (Lipinski definition) is 5. The van der Waals surface area contributed by atoms with Crippen LogP contribution in [0.4, 0.5) is 0 Å². The van der Waals surface area contributed by atoms with Crippen LogP contribution in [0.2, 0.25) is 0 Å². The average Bonchev–Trinajstić information content (AvgIpc) is 2.87. The van der Waals surface area contributed by atoms with Crippen LogP contribution >= 0.6 is 0 Å². The first-order valence-corrected chi connectivity index (χ1v) is 6.19. The van der Waals surface area contributed by atoms with E-state index in [1.165, 1.54) is 0 Å². The smallest absolute Gasteiger partial charge is 0.310 e. The van der Waals surface area contributed by atoms with Gasteiger partial charge in [-0.25, -0.2) is 0 Å². The number of carboxylic acids is 1. The van der Waals surface area contributed by atoms with Gasteiger partial charge < -0.3 is 9.63 Å². The van der Waals surface area contributed by atoms with Gasteiger partial charge in [-0.3, -0.25) is 9.69 Å². The summed E-state index contributed by atoms with van der Waals surface area (Å²) in [6, 6.07) is 0. The first-order valence-electron chi connectivity index (χ1n) is 6.19. The zero-order valence-corrected chi connectivity index (χ0v) is 11.0. The molecule has 18 heavy (non-hydrogen) atoms. The predicted octanol–water partition coefficient (Wildman–Crippen LogP) is 1.49. The van der Waals surface area contributed by atoms with E-state index in [0.29, 0.717) is 31.2 Å². The third-order valence-electron chi connectivity index (χ3n) is 3.43. The van der Waals surface area contributed by atoms with Gasteiger partial charge in [-0.1, -0.05) is 19.0 Å². The van der Waals surface area contributed by atoms with Crippen LogP contribution in [0.3, 0.4) is 0 Å². The van der Waals surface area contributed by atoms with E-state index in [1.807, 2.05) is 18.7 Å². The Labute approximate surface area is 106 Å². The molecule has 1 N–H and O–H groups in total. The van der Waals surface area contributed by atoms with Crippen molar-refractivity contribution in [2.24, 2.45) is 5.41 Å². The Morgan fingerprint density at radius 2 is 2.33 bits per heavy atom. The van der Waals surface area contributed by atoms with Crippen LogP contribution in [0.15, 0.2) is 4.52 Å². The Bertz CT molecular complexity index is 444. The molecule has 1 unspecified atom stereocenters. The SMILES string of the molecule is CC(C)c1noc(CN2CCC(C)(C(=O)O)C2)n1. The number of aromatic nitrogens is 2. The highest BCUT2D eigenvalue weighted by molar-refractivity contribution is 5.74. The van der Waals surface area contributed by atoms with Gasteiger partial charge in [-0.05, 0) is 19.9 Å². The van der Waals surface area contributed by atoms with E-state index in [1.54, 1.807) is 6.92 Å². The molecule has 1 aromatic rings. The molecule has 1 fully saturated rings. The summed E-state index contributed by atoms with van der Waals surface area (Å²) in [5, 5.41) is 13.1. The molecule has 1 saturated heterocycles. The standard InChI is InChI=1S/C12H19N3O3/c1-8(2)10-13-9(18-14-10)6-15-5-4-12(3,7-15)11(16)17/h8H,4-7H2,1-3H3,(H,16,17). The maximum Gasteiger partial charge on any atom is 0.310 e. The first kappa shape index (κ1) is 13.0. The van der Waals surface area contributed by atoms with Crippen molar-refractivity contribution < 1.29 is 14.4 Å². The molecule has 1 atom stereocenters. The molecule has 0 aromatic carbocycles. The highest BCUT2D eigenvalue weighted by Crippen LogP contribution is 2.30. The Morgan fingerprint density at radius 1 is 1.61 bits per heavy atom. The molecular weight excluding hydrogens is 234 g/mol. The monoisotopic (exact) mass is 253 g/mol. The van der Waals surface area contributed by atoms with E-state index in [-0.39, 0.29) is 5.92 Å². The number of carboxylic acid groups (broad SMARTS) is 1. The third kappa shape index (κ3) is 2.53. The summed E-state index contributed by atoms with van der Waals surface area (Å²) in [6.45, 7) is 7.60. The van der Waals surface area contributed by atoms with Gasteiger partial charge in [0.05, 0.1) is 12.0 Å². The number of nitrogens with zero attached hydrogens (tertiary/aromatic N) is 3. The van der Waals surface area contributed by atoms with Crippen LogP contribution in [0.25, 0.3) is 0 Å².